The van der Waals surface area contributed by atoms with Crippen LogP contribution in [0.3, 0.4) is 0 Å². The number of H-pyrrole nitrogens is 1. The number of hydrogen-bond donors (Lipinski definition) is 1. The van der Waals surface area contributed by atoms with E-state index in [9.17, 15) is 0 Å². The van der Waals surface area contributed by atoms with Crippen LogP contribution in [0.5, 0.6) is 0 Å². The predicted octanol–water partition coefficient (Wildman–Crippen LogP) is 1.83. The Morgan fingerprint density at radius 1 is 1.16 bits per heavy atom. The molecule has 0 atom stereocenters. The highest BCUT2D eigenvalue weighted by molar-refractivity contribution is 7.71. The zero-order chi connectivity index (χ0) is 14.0. The van der Waals surface area contributed by atoms with E-state index in [2.05, 4.69) is 47.6 Å². The normalized spacial score (nSPS) is 18.9. The standard InChI is InChI=1S/C13H25N5S/c1-5-16-6-8-17(9-7-16)10-18-12(19)14-11(15-18)13(2,3)4/h5-10H2,1-4H3,(H,14,15,19). The predicted molar refractivity (Wildman–Crippen MR) is 79.8 cm³/mol. The van der Waals surface area contributed by atoms with Crippen LogP contribution in [-0.2, 0) is 12.1 Å². The number of nitrogens with one attached hydrogen (secondary N) is 1. The van der Waals surface area contributed by atoms with Crippen molar-refractivity contribution in [3.05, 3.63) is 10.6 Å². The molecule has 6 heteroatoms. The van der Waals surface area contributed by atoms with Gasteiger partial charge in [0.15, 0.2) is 0 Å². The van der Waals surface area contributed by atoms with Gasteiger partial charge in [-0.05, 0) is 18.8 Å². The van der Waals surface area contributed by atoms with Gasteiger partial charge in [0.1, 0.15) is 5.82 Å². The van der Waals surface area contributed by atoms with Crippen LogP contribution in [0.4, 0.5) is 0 Å². The minimum atomic E-state index is 0.0136. The van der Waals surface area contributed by atoms with Gasteiger partial charge in [-0.15, -0.1) is 0 Å². The first-order valence-corrected chi connectivity index (χ1v) is 7.43. The van der Waals surface area contributed by atoms with E-state index in [0.29, 0.717) is 4.77 Å². The van der Waals surface area contributed by atoms with Gasteiger partial charge in [-0.1, -0.05) is 27.7 Å². The van der Waals surface area contributed by atoms with Crippen molar-refractivity contribution in [3.63, 3.8) is 0 Å². The van der Waals surface area contributed by atoms with Crippen molar-refractivity contribution in [2.75, 3.05) is 32.7 Å². The third-order valence-corrected chi connectivity index (χ3v) is 3.95. The van der Waals surface area contributed by atoms with Crippen molar-refractivity contribution in [2.24, 2.45) is 0 Å². The second kappa shape index (κ2) is 5.73. The molecule has 0 radical (unpaired) electrons. The molecule has 1 aliphatic rings. The largest absolute Gasteiger partial charge is 0.301 e. The Labute approximate surface area is 120 Å². The molecule has 0 saturated carbocycles. The molecule has 1 fully saturated rings. The quantitative estimate of drug-likeness (QED) is 0.859. The monoisotopic (exact) mass is 283 g/mol. The minimum Gasteiger partial charge on any atom is -0.301 e. The Hall–Kier alpha value is -0.720. The second-order valence-electron chi connectivity index (χ2n) is 6.23. The van der Waals surface area contributed by atoms with Crippen molar-refractivity contribution in [1.29, 1.82) is 0 Å². The van der Waals surface area contributed by atoms with E-state index < -0.39 is 0 Å². The molecule has 2 heterocycles. The maximum absolute atomic E-state index is 5.34. The van der Waals surface area contributed by atoms with E-state index in [4.69, 9.17) is 12.2 Å². The van der Waals surface area contributed by atoms with Crippen LogP contribution in [0.25, 0.3) is 0 Å². The van der Waals surface area contributed by atoms with Gasteiger partial charge in [0.2, 0.25) is 4.77 Å². The summed E-state index contributed by atoms with van der Waals surface area (Å²) in [6, 6.07) is 0. The molecule has 0 aromatic carbocycles. The third kappa shape index (κ3) is 3.64. The van der Waals surface area contributed by atoms with Gasteiger partial charge in [-0.3, -0.25) is 10.00 Å². The second-order valence-corrected chi connectivity index (χ2v) is 6.59. The maximum atomic E-state index is 5.34. The lowest BCUT2D eigenvalue weighted by molar-refractivity contribution is 0.106. The summed E-state index contributed by atoms with van der Waals surface area (Å²) in [5.41, 5.74) is 0.0136. The average molecular weight is 283 g/mol. The SMILES string of the molecule is CCN1CCN(Cn2[nH]c(C(C)(C)C)nc2=S)CC1. The van der Waals surface area contributed by atoms with Gasteiger partial charge >= 0.3 is 0 Å². The van der Waals surface area contributed by atoms with Gasteiger partial charge in [0, 0.05) is 31.6 Å². The molecular formula is C13H25N5S. The van der Waals surface area contributed by atoms with Gasteiger partial charge in [-0.2, -0.15) is 0 Å². The number of nitrogens with zero attached hydrogens (tertiary/aromatic N) is 4. The Morgan fingerprint density at radius 2 is 1.74 bits per heavy atom. The number of aromatic amines is 1. The van der Waals surface area contributed by atoms with Crippen molar-refractivity contribution in [3.8, 4) is 0 Å². The molecule has 0 spiro atoms. The molecule has 0 unspecified atom stereocenters. The van der Waals surface area contributed by atoms with Crippen LogP contribution in [0.2, 0.25) is 0 Å². The molecule has 0 bridgehead atoms. The summed E-state index contributed by atoms with van der Waals surface area (Å²) in [5.74, 6) is 0.963. The fraction of sp³-hybridized carbons (Fsp3) is 0.846. The lowest BCUT2D eigenvalue weighted by Gasteiger charge is -2.33. The van der Waals surface area contributed by atoms with E-state index in [-0.39, 0.29) is 5.41 Å². The molecular weight excluding hydrogens is 258 g/mol. The zero-order valence-electron chi connectivity index (χ0n) is 12.4. The zero-order valence-corrected chi connectivity index (χ0v) is 13.3. The molecule has 1 saturated heterocycles. The van der Waals surface area contributed by atoms with Crippen LogP contribution >= 0.6 is 12.2 Å². The van der Waals surface area contributed by atoms with Crippen molar-refractivity contribution >= 4 is 12.2 Å². The number of likely N-dealkylation sites (N-methyl/N-ethyl adjacent to an activating group) is 1. The molecule has 1 N–H and O–H groups in total. The molecule has 108 valence electrons. The van der Waals surface area contributed by atoms with Crippen molar-refractivity contribution in [2.45, 2.75) is 39.8 Å². The summed E-state index contributed by atoms with van der Waals surface area (Å²) >= 11 is 5.34. The minimum absolute atomic E-state index is 0.0136. The van der Waals surface area contributed by atoms with Crippen LogP contribution in [-0.4, -0.2) is 57.3 Å². The maximum Gasteiger partial charge on any atom is 0.217 e. The summed E-state index contributed by atoms with van der Waals surface area (Å²) in [6.07, 6.45) is 0. The summed E-state index contributed by atoms with van der Waals surface area (Å²) < 4.78 is 2.64. The van der Waals surface area contributed by atoms with E-state index in [1.165, 1.54) is 0 Å². The Morgan fingerprint density at radius 3 is 2.21 bits per heavy atom. The third-order valence-electron chi connectivity index (χ3n) is 3.64. The smallest absolute Gasteiger partial charge is 0.217 e. The Bertz CT molecular complexity index is 462. The van der Waals surface area contributed by atoms with E-state index in [0.717, 1.165) is 45.2 Å². The number of aromatic nitrogens is 3. The number of rotatable bonds is 3. The summed E-state index contributed by atoms with van der Waals surface area (Å²) in [6.45, 7) is 15.1. The van der Waals surface area contributed by atoms with Crippen LogP contribution in [0.15, 0.2) is 0 Å². The van der Waals surface area contributed by atoms with Crippen molar-refractivity contribution < 1.29 is 0 Å². The molecule has 5 nitrogen and oxygen atoms in total. The summed E-state index contributed by atoms with van der Waals surface area (Å²) in [5, 5.41) is 3.34. The Kier molecular flexibility index (Phi) is 4.43. The van der Waals surface area contributed by atoms with Crippen LogP contribution in [0.1, 0.15) is 33.5 Å². The number of piperazine rings is 1. The first kappa shape index (κ1) is 14.7. The van der Waals surface area contributed by atoms with E-state index in [1.807, 2.05) is 4.68 Å². The van der Waals surface area contributed by atoms with Gasteiger partial charge in [0.25, 0.3) is 0 Å². The summed E-state index contributed by atoms with van der Waals surface area (Å²) in [4.78, 5) is 9.36. The first-order chi connectivity index (χ1) is 8.90. The van der Waals surface area contributed by atoms with Gasteiger partial charge < -0.3 is 4.90 Å². The topological polar surface area (TPSA) is 40.1 Å². The summed E-state index contributed by atoms with van der Waals surface area (Å²) in [7, 11) is 0. The van der Waals surface area contributed by atoms with E-state index in [1.54, 1.807) is 0 Å². The molecule has 0 aliphatic carbocycles. The van der Waals surface area contributed by atoms with E-state index >= 15 is 0 Å². The fourth-order valence-electron chi connectivity index (χ4n) is 2.23. The van der Waals surface area contributed by atoms with Gasteiger partial charge in [0.05, 0.1) is 6.67 Å². The molecule has 1 aromatic heterocycles. The van der Waals surface area contributed by atoms with Gasteiger partial charge in [-0.25, -0.2) is 9.67 Å². The van der Waals surface area contributed by atoms with Crippen LogP contribution in [0, 0.1) is 4.77 Å². The molecule has 1 aliphatic heterocycles. The highest BCUT2D eigenvalue weighted by Gasteiger charge is 2.20. The average Bonchev–Trinajstić information content (AvgIpc) is 2.72. The van der Waals surface area contributed by atoms with Crippen molar-refractivity contribution in [1.82, 2.24) is 24.6 Å². The molecule has 0 amide bonds. The fourth-order valence-corrected chi connectivity index (χ4v) is 2.43. The lowest BCUT2D eigenvalue weighted by Crippen LogP contribution is -2.46. The highest BCUT2D eigenvalue weighted by Crippen LogP contribution is 2.17. The first-order valence-electron chi connectivity index (χ1n) is 7.02. The highest BCUT2D eigenvalue weighted by atomic mass is 32.1. The van der Waals surface area contributed by atoms with Crippen LogP contribution < -0.4 is 0 Å². The lowest BCUT2D eigenvalue weighted by atomic mass is 9.96. The molecule has 1 aromatic rings. The molecule has 19 heavy (non-hydrogen) atoms. The number of hydrogen-bond acceptors (Lipinski definition) is 4. The Balaban J connectivity index is 2.00. The molecule has 2 rings (SSSR count).